The zero-order valence-corrected chi connectivity index (χ0v) is 27.7. The molecule has 0 atom stereocenters. The van der Waals surface area contributed by atoms with Crippen LogP contribution in [0.3, 0.4) is 0 Å². The number of carbonyl (C=O) groups is 3. The smallest absolute Gasteiger partial charge is 0.328 e. The topological polar surface area (TPSA) is 172 Å². The fraction of sp³-hybridized carbons (Fsp3) is 0.438. The van der Waals surface area contributed by atoms with Gasteiger partial charge in [0.05, 0.1) is 24.3 Å². The maximum Gasteiger partial charge on any atom is 0.328 e. The highest BCUT2D eigenvalue weighted by atomic mass is 35.5. The van der Waals surface area contributed by atoms with Crippen molar-refractivity contribution in [1.29, 1.82) is 0 Å². The average molecular weight is 679 g/mol. The summed E-state index contributed by atoms with van der Waals surface area (Å²) in [5.41, 5.74) is 2.63. The van der Waals surface area contributed by atoms with Crippen molar-refractivity contribution in [3.05, 3.63) is 74.4 Å². The zero-order valence-electron chi connectivity index (χ0n) is 26.2. The second-order valence-corrected chi connectivity index (χ2v) is 11.5. The van der Waals surface area contributed by atoms with Crippen LogP contribution in [0.5, 0.6) is 5.75 Å². The number of aromatic amines is 1. The lowest BCUT2D eigenvalue weighted by Gasteiger charge is -2.27. The van der Waals surface area contributed by atoms with E-state index in [1.807, 2.05) is 35.2 Å². The first-order valence-electron chi connectivity index (χ1n) is 15.0. The molecule has 0 unspecified atom stereocenters. The number of benzene rings is 2. The third-order valence-corrected chi connectivity index (χ3v) is 8.15. The predicted molar refractivity (Wildman–Crippen MR) is 180 cm³/mol. The molecule has 0 radical (unpaired) electrons. The van der Waals surface area contributed by atoms with E-state index in [2.05, 4.69) is 29.0 Å². The van der Waals surface area contributed by atoms with Crippen molar-refractivity contribution < 1.29 is 34.4 Å². The first kappa shape index (κ1) is 38.4. The number of fused-ring (bicyclic) bond motifs is 1. The van der Waals surface area contributed by atoms with Crippen LogP contribution < -0.4 is 10.2 Å². The highest BCUT2D eigenvalue weighted by Gasteiger charge is 2.15. The number of rotatable bonds is 19. The molecule has 1 heterocycles. The molecule has 14 heteroatoms. The Bertz CT molecular complexity index is 1470. The molecule has 2 aromatic carbocycles. The molecule has 5 N–H and O–H groups in total. The van der Waals surface area contributed by atoms with Crippen LogP contribution in [-0.4, -0.2) is 107 Å². The van der Waals surface area contributed by atoms with E-state index >= 15 is 0 Å². The van der Waals surface area contributed by atoms with Crippen molar-refractivity contribution >= 4 is 51.0 Å². The highest BCUT2D eigenvalue weighted by molar-refractivity contribution is 7.16. The molecule has 0 saturated heterocycles. The van der Waals surface area contributed by atoms with Crippen molar-refractivity contribution in [2.24, 2.45) is 0 Å². The molecule has 1 aromatic heterocycles. The molecule has 0 spiro atoms. The number of aliphatic carboxylic acids is 2. The molecule has 0 aliphatic carbocycles. The number of carboxylic acid groups (broad SMARTS) is 2. The van der Waals surface area contributed by atoms with E-state index in [1.54, 1.807) is 6.07 Å². The van der Waals surface area contributed by atoms with Gasteiger partial charge in [-0.25, -0.2) is 9.59 Å². The van der Waals surface area contributed by atoms with Gasteiger partial charge < -0.3 is 40.2 Å². The number of ether oxygens (including phenoxy) is 1. The number of nitrogens with one attached hydrogen (secondary N) is 2. The number of amides is 1. The van der Waals surface area contributed by atoms with Gasteiger partial charge in [0.2, 0.25) is 5.91 Å². The van der Waals surface area contributed by atoms with Gasteiger partial charge in [-0.15, -0.1) is 0 Å². The summed E-state index contributed by atoms with van der Waals surface area (Å²) in [6, 6.07) is 11.2. The maximum atomic E-state index is 13.0. The number of phenolic OH excluding ortho intramolecular Hbond substituents is 1. The molecule has 0 bridgehead atoms. The van der Waals surface area contributed by atoms with Gasteiger partial charge in [0.15, 0.2) is 0 Å². The standard InChI is InChI=1S/C28H39ClN4O4S.C4H4O4/c1-3-32(4-2)16-17-33(25(35)12-19-37-18-11-21-6-5-7-23(29)20-21)15-14-30-13-10-22-8-9-24(34)26-27(22)38-28(36)31-26;5-3(6)1-2-4(7)8/h5-9,20,30,34H,3-4,10-19H2,1-2H3,(H,31,36);1-2H,(H,5,6)(H,7,8)/b;2-1+. The highest BCUT2D eigenvalue weighted by Crippen LogP contribution is 2.27. The minimum atomic E-state index is -1.26. The van der Waals surface area contributed by atoms with Gasteiger partial charge in [-0.2, -0.15) is 0 Å². The Morgan fingerprint density at radius 1 is 0.978 bits per heavy atom. The number of carbonyl (C=O) groups excluding carboxylic acids is 1. The van der Waals surface area contributed by atoms with Crippen LogP contribution in [0.4, 0.5) is 0 Å². The van der Waals surface area contributed by atoms with Gasteiger partial charge in [0.25, 0.3) is 0 Å². The lowest BCUT2D eigenvalue weighted by atomic mass is 10.1. The lowest BCUT2D eigenvalue weighted by Crippen LogP contribution is -2.42. The number of phenols is 1. The Labute approximate surface area is 277 Å². The van der Waals surface area contributed by atoms with E-state index in [0.29, 0.717) is 68.5 Å². The van der Waals surface area contributed by atoms with Gasteiger partial charge in [0.1, 0.15) is 11.3 Å². The Balaban J connectivity index is 0.000000812. The monoisotopic (exact) mass is 678 g/mol. The molecule has 0 saturated carbocycles. The number of likely N-dealkylation sites (N-methyl/N-ethyl adjacent to an activating group) is 1. The van der Waals surface area contributed by atoms with Crippen LogP contribution in [0, 0.1) is 0 Å². The number of aromatic hydroxyl groups is 1. The molecular weight excluding hydrogens is 636 g/mol. The molecule has 3 aromatic rings. The molecule has 252 valence electrons. The van der Waals surface area contributed by atoms with E-state index in [-0.39, 0.29) is 16.5 Å². The van der Waals surface area contributed by atoms with Gasteiger partial charge in [-0.3, -0.25) is 9.59 Å². The van der Waals surface area contributed by atoms with Crippen LogP contribution >= 0.6 is 22.9 Å². The number of nitrogens with zero attached hydrogens (tertiary/aromatic N) is 2. The Hall–Kier alpha value is -3.75. The summed E-state index contributed by atoms with van der Waals surface area (Å²) in [5.74, 6) is -2.33. The predicted octanol–water partition coefficient (Wildman–Crippen LogP) is 3.61. The fourth-order valence-corrected chi connectivity index (χ4v) is 5.55. The summed E-state index contributed by atoms with van der Waals surface area (Å²) < 4.78 is 6.54. The van der Waals surface area contributed by atoms with Crippen LogP contribution in [0.15, 0.2) is 53.3 Å². The third-order valence-electron chi connectivity index (χ3n) is 6.95. The summed E-state index contributed by atoms with van der Waals surface area (Å²) >= 11 is 7.15. The van der Waals surface area contributed by atoms with Crippen LogP contribution in [0.1, 0.15) is 31.4 Å². The lowest BCUT2D eigenvalue weighted by molar-refractivity contribution is -0.134. The minimum absolute atomic E-state index is 0.0888. The second kappa shape index (κ2) is 21.1. The van der Waals surface area contributed by atoms with Crippen LogP contribution in [-0.2, 0) is 32.0 Å². The number of aromatic nitrogens is 1. The van der Waals surface area contributed by atoms with E-state index in [4.69, 9.17) is 26.6 Å². The molecular formula is C32H43ClN4O8S. The summed E-state index contributed by atoms with van der Waals surface area (Å²) in [4.78, 5) is 50.6. The molecule has 3 rings (SSSR count). The van der Waals surface area contributed by atoms with Crippen molar-refractivity contribution in [1.82, 2.24) is 20.1 Å². The Morgan fingerprint density at radius 3 is 2.35 bits per heavy atom. The largest absolute Gasteiger partial charge is 0.506 e. The van der Waals surface area contributed by atoms with Crippen molar-refractivity contribution in [2.75, 3.05) is 59.0 Å². The minimum Gasteiger partial charge on any atom is -0.506 e. The molecule has 0 aliphatic heterocycles. The molecule has 46 heavy (non-hydrogen) atoms. The number of hydrogen-bond acceptors (Lipinski definition) is 9. The average Bonchev–Trinajstić information content (AvgIpc) is 3.43. The maximum absolute atomic E-state index is 13.0. The summed E-state index contributed by atoms with van der Waals surface area (Å²) in [7, 11) is 0. The fourth-order valence-electron chi connectivity index (χ4n) is 4.44. The van der Waals surface area contributed by atoms with Gasteiger partial charge in [0, 0.05) is 43.4 Å². The number of H-pyrrole nitrogens is 1. The molecule has 0 aliphatic rings. The summed E-state index contributed by atoms with van der Waals surface area (Å²) in [5, 5.41) is 29.7. The number of hydrogen-bond donors (Lipinski definition) is 5. The van der Waals surface area contributed by atoms with E-state index in [1.165, 1.54) is 0 Å². The van der Waals surface area contributed by atoms with Crippen molar-refractivity contribution in [3.63, 3.8) is 0 Å². The van der Waals surface area contributed by atoms with Gasteiger partial charge >= 0.3 is 16.8 Å². The van der Waals surface area contributed by atoms with Gasteiger partial charge in [-0.05, 0) is 61.8 Å². The number of carboxylic acids is 2. The normalized spacial score (nSPS) is 11.1. The summed E-state index contributed by atoms with van der Waals surface area (Å²) in [6.45, 7) is 10.6. The SMILES string of the molecule is CCN(CC)CCN(CCNCCc1ccc(O)c2[nH]c(=O)sc12)C(=O)CCOCCc1cccc(Cl)c1.O=C(O)/C=C/C(=O)O. The van der Waals surface area contributed by atoms with Crippen molar-refractivity contribution in [3.8, 4) is 5.75 Å². The van der Waals surface area contributed by atoms with Gasteiger partial charge in [-0.1, -0.05) is 55.0 Å². The van der Waals surface area contributed by atoms with Crippen LogP contribution in [0.2, 0.25) is 5.02 Å². The third kappa shape index (κ3) is 14.6. The van der Waals surface area contributed by atoms with Crippen molar-refractivity contribution in [2.45, 2.75) is 33.1 Å². The Kier molecular flexibility index (Phi) is 17.6. The van der Waals surface area contributed by atoms with E-state index < -0.39 is 11.9 Å². The van der Waals surface area contributed by atoms with Crippen LogP contribution in [0.25, 0.3) is 10.2 Å². The number of halogens is 1. The first-order valence-corrected chi connectivity index (χ1v) is 16.2. The van der Waals surface area contributed by atoms with E-state index in [0.717, 1.165) is 59.6 Å². The second-order valence-electron chi connectivity index (χ2n) is 10.1. The molecule has 1 amide bonds. The zero-order chi connectivity index (χ0) is 33.9. The Morgan fingerprint density at radius 2 is 1.70 bits per heavy atom. The number of thiazole rings is 1. The molecule has 0 fully saturated rings. The molecule has 12 nitrogen and oxygen atoms in total. The first-order chi connectivity index (χ1) is 22.0. The van der Waals surface area contributed by atoms with E-state index in [9.17, 15) is 24.3 Å². The summed E-state index contributed by atoms with van der Waals surface area (Å²) in [6.07, 6.45) is 2.95. The quantitative estimate of drug-likeness (QED) is 0.0931.